The lowest BCUT2D eigenvalue weighted by Crippen LogP contribution is -2.51. The Labute approximate surface area is 127 Å². The second-order valence-electron chi connectivity index (χ2n) is 4.78. The van der Waals surface area contributed by atoms with E-state index in [1.807, 2.05) is 0 Å². The fraction of sp³-hybridized carbons (Fsp3) is 0.429. The fourth-order valence-electron chi connectivity index (χ4n) is 2.13. The van der Waals surface area contributed by atoms with Crippen LogP contribution in [-0.2, 0) is 16.0 Å². The van der Waals surface area contributed by atoms with Crippen LogP contribution in [0.4, 0.5) is 0 Å². The van der Waals surface area contributed by atoms with Crippen molar-refractivity contribution in [2.24, 2.45) is 0 Å². The van der Waals surface area contributed by atoms with Crippen LogP contribution in [-0.4, -0.2) is 24.7 Å². The van der Waals surface area contributed by atoms with Crippen LogP contribution in [0.15, 0.2) is 18.2 Å². The Balaban J connectivity index is 2.01. The highest BCUT2D eigenvalue weighted by atomic mass is 35.5. The minimum atomic E-state index is -0.814. The summed E-state index contributed by atoms with van der Waals surface area (Å²) in [7, 11) is 0. The second-order valence-corrected chi connectivity index (χ2v) is 5.59. The van der Waals surface area contributed by atoms with Crippen LogP contribution >= 0.6 is 23.2 Å². The summed E-state index contributed by atoms with van der Waals surface area (Å²) in [6, 6.07) is 7.26. The number of carbonyl (C=O) groups is 1. The number of nitriles is 1. The van der Waals surface area contributed by atoms with Crippen molar-refractivity contribution in [3.8, 4) is 6.07 Å². The molecule has 0 bridgehead atoms. The van der Waals surface area contributed by atoms with E-state index in [2.05, 4.69) is 11.4 Å². The largest absolute Gasteiger partial charge is 0.381 e. The van der Waals surface area contributed by atoms with E-state index < -0.39 is 5.54 Å². The molecule has 2 rings (SSSR count). The molecule has 1 aliphatic rings. The van der Waals surface area contributed by atoms with Crippen molar-refractivity contribution in [1.29, 1.82) is 5.26 Å². The van der Waals surface area contributed by atoms with Crippen LogP contribution in [0.25, 0.3) is 0 Å². The summed E-state index contributed by atoms with van der Waals surface area (Å²) in [6.07, 6.45) is 1.19. The molecule has 1 saturated heterocycles. The zero-order valence-corrected chi connectivity index (χ0v) is 12.3. The molecule has 4 nitrogen and oxygen atoms in total. The minimum absolute atomic E-state index is 0.168. The van der Waals surface area contributed by atoms with Gasteiger partial charge in [-0.15, -0.1) is 0 Å². The Morgan fingerprint density at radius 1 is 1.35 bits per heavy atom. The van der Waals surface area contributed by atoms with Gasteiger partial charge in [0.2, 0.25) is 5.91 Å². The van der Waals surface area contributed by atoms with Crippen LogP contribution in [0.3, 0.4) is 0 Å². The summed E-state index contributed by atoms with van der Waals surface area (Å²) in [5.41, 5.74) is -0.0528. The first-order valence-corrected chi connectivity index (χ1v) is 7.04. The zero-order chi connectivity index (χ0) is 14.6. The van der Waals surface area contributed by atoms with Gasteiger partial charge in [-0.2, -0.15) is 5.26 Å². The number of nitrogens with zero attached hydrogens (tertiary/aromatic N) is 1. The average molecular weight is 313 g/mol. The van der Waals surface area contributed by atoms with Gasteiger partial charge in [0.25, 0.3) is 0 Å². The molecule has 0 saturated carbocycles. The van der Waals surface area contributed by atoms with Crippen molar-refractivity contribution < 1.29 is 9.53 Å². The maximum absolute atomic E-state index is 12.1. The minimum Gasteiger partial charge on any atom is -0.381 e. The van der Waals surface area contributed by atoms with E-state index in [1.165, 1.54) is 0 Å². The van der Waals surface area contributed by atoms with E-state index in [1.54, 1.807) is 18.2 Å². The van der Waals surface area contributed by atoms with Gasteiger partial charge >= 0.3 is 0 Å². The smallest absolute Gasteiger partial charge is 0.225 e. The normalized spacial score (nSPS) is 17.2. The van der Waals surface area contributed by atoms with Crippen molar-refractivity contribution in [3.05, 3.63) is 33.8 Å². The van der Waals surface area contributed by atoms with E-state index in [9.17, 15) is 10.1 Å². The molecule has 6 heteroatoms. The van der Waals surface area contributed by atoms with Crippen molar-refractivity contribution in [3.63, 3.8) is 0 Å². The molecule has 1 amide bonds. The highest BCUT2D eigenvalue weighted by Crippen LogP contribution is 2.23. The maximum atomic E-state index is 12.1. The molecule has 1 fully saturated rings. The van der Waals surface area contributed by atoms with Gasteiger partial charge in [0.15, 0.2) is 0 Å². The molecule has 0 spiro atoms. The maximum Gasteiger partial charge on any atom is 0.225 e. The highest BCUT2D eigenvalue weighted by molar-refractivity contribution is 6.42. The van der Waals surface area contributed by atoms with E-state index in [-0.39, 0.29) is 12.3 Å². The van der Waals surface area contributed by atoms with Crippen LogP contribution < -0.4 is 5.32 Å². The summed E-state index contributed by atoms with van der Waals surface area (Å²) in [4.78, 5) is 12.1. The third-order valence-electron chi connectivity index (χ3n) is 3.29. The van der Waals surface area contributed by atoms with Crippen molar-refractivity contribution >= 4 is 29.1 Å². The van der Waals surface area contributed by atoms with Crippen molar-refractivity contribution in [2.75, 3.05) is 13.2 Å². The van der Waals surface area contributed by atoms with Gasteiger partial charge in [-0.25, -0.2) is 0 Å². The number of ether oxygens (including phenoxy) is 1. The summed E-state index contributed by atoms with van der Waals surface area (Å²) >= 11 is 11.7. The number of hydrogen-bond acceptors (Lipinski definition) is 3. The molecule has 1 aromatic rings. The Morgan fingerprint density at radius 3 is 2.65 bits per heavy atom. The molecule has 1 N–H and O–H groups in total. The number of carbonyl (C=O) groups excluding carboxylic acids is 1. The highest BCUT2D eigenvalue weighted by Gasteiger charge is 2.34. The summed E-state index contributed by atoms with van der Waals surface area (Å²) in [6.45, 7) is 0.973. The lowest BCUT2D eigenvalue weighted by molar-refractivity contribution is -0.122. The Kier molecular flexibility index (Phi) is 4.87. The second kappa shape index (κ2) is 6.45. The molecule has 0 aliphatic carbocycles. The third kappa shape index (κ3) is 3.63. The lowest BCUT2D eigenvalue weighted by atomic mass is 9.91. The molecule has 20 heavy (non-hydrogen) atoms. The number of halogens is 2. The number of hydrogen-bond donors (Lipinski definition) is 1. The number of rotatable bonds is 3. The summed E-state index contributed by atoms with van der Waals surface area (Å²) in [5, 5.41) is 13.0. The molecule has 0 atom stereocenters. The fourth-order valence-corrected chi connectivity index (χ4v) is 2.45. The van der Waals surface area contributed by atoms with E-state index in [0.29, 0.717) is 36.1 Å². The van der Waals surface area contributed by atoms with Gasteiger partial charge in [-0.05, 0) is 17.7 Å². The van der Waals surface area contributed by atoms with Crippen molar-refractivity contribution in [2.45, 2.75) is 24.8 Å². The molecule has 106 valence electrons. The van der Waals surface area contributed by atoms with Crippen molar-refractivity contribution in [1.82, 2.24) is 5.32 Å². The van der Waals surface area contributed by atoms with Crippen LogP contribution in [0, 0.1) is 11.3 Å². The van der Waals surface area contributed by atoms with Gasteiger partial charge in [0.05, 0.1) is 22.5 Å². The van der Waals surface area contributed by atoms with Gasteiger partial charge in [0, 0.05) is 26.1 Å². The van der Waals surface area contributed by atoms with Gasteiger partial charge < -0.3 is 10.1 Å². The summed E-state index contributed by atoms with van der Waals surface area (Å²) in [5.74, 6) is -0.202. The quantitative estimate of drug-likeness (QED) is 0.933. The van der Waals surface area contributed by atoms with Crippen LogP contribution in [0.1, 0.15) is 18.4 Å². The molecule has 1 heterocycles. The Hall–Kier alpha value is -1.28. The van der Waals surface area contributed by atoms with Crippen LogP contribution in [0.5, 0.6) is 0 Å². The monoisotopic (exact) mass is 312 g/mol. The number of nitrogens with one attached hydrogen (secondary N) is 1. The lowest BCUT2D eigenvalue weighted by Gasteiger charge is -2.31. The first-order valence-electron chi connectivity index (χ1n) is 6.29. The van der Waals surface area contributed by atoms with E-state index >= 15 is 0 Å². The predicted octanol–water partition coefficient (Wildman–Crippen LogP) is 2.72. The molecule has 1 aromatic carbocycles. The standard InChI is InChI=1S/C14H14Cl2N2O2/c15-11-2-1-10(7-12(11)16)8-13(19)18-14(9-17)3-5-20-6-4-14/h1-2,7H,3-6,8H2,(H,18,19). The molecule has 0 unspecified atom stereocenters. The van der Waals surface area contributed by atoms with Gasteiger partial charge in [0.1, 0.15) is 5.54 Å². The Morgan fingerprint density at radius 2 is 2.05 bits per heavy atom. The first-order chi connectivity index (χ1) is 9.54. The van der Waals surface area contributed by atoms with E-state index in [4.69, 9.17) is 27.9 Å². The van der Waals surface area contributed by atoms with Gasteiger partial charge in [-0.3, -0.25) is 4.79 Å². The number of amides is 1. The van der Waals surface area contributed by atoms with E-state index in [0.717, 1.165) is 5.56 Å². The molecule has 0 aromatic heterocycles. The Bertz CT molecular complexity index is 549. The summed E-state index contributed by atoms with van der Waals surface area (Å²) < 4.78 is 5.22. The van der Waals surface area contributed by atoms with Gasteiger partial charge in [-0.1, -0.05) is 29.3 Å². The predicted molar refractivity (Wildman–Crippen MR) is 76.7 cm³/mol. The molecule has 0 radical (unpaired) electrons. The zero-order valence-electron chi connectivity index (χ0n) is 10.8. The molecule has 1 aliphatic heterocycles. The number of benzene rings is 1. The first kappa shape index (κ1) is 15.1. The van der Waals surface area contributed by atoms with Crippen LogP contribution in [0.2, 0.25) is 10.0 Å². The third-order valence-corrected chi connectivity index (χ3v) is 4.03. The molecular formula is C14H14Cl2N2O2. The topological polar surface area (TPSA) is 62.1 Å². The average Bonchev–Trinajstić information content (AvgIpc) is 2.44. The SMILES string of the molecule is N#CC1(NC(=O)Cc2ccc(Cl)c(Cl)c2)CCOCC1. The molecular weight excluding hydrogens is 299 g/mol.